The summed E-state index contributed by atoms with van der Waals surface area (Å²) in [5, 5.41) is 0.967. The molecule has 0 N–H and O–H groups in total. The zero-order chi connectivity index (χ0) is 14.1. The molecule has 1 heterocycles. The summed E-state index contributed by atoms with van der Waals surface area (Å²) in [6, 6.07) is 14.5. The molecule has 1 aromatic heterocycles. The van der Waals surface area contributed by atoms with Gasteiger partial charge in [0, 0.05) is 20.5 Å². The zero-order valence-corrected chi connectivity index (χ0v) is 13.1. The maximum atomic E-state index is 13.0. The van der Waals surface area contributed by atoms with E-state index >= 15 is 0 Å². The molecule has 3 rings (SSSR count). The molecule has 0 atom stereocenters. The summed E-state index contributed by atoms with van der Waals surface area (Å²) in [5.74, 6) is -0.229. The minimum atomic E-state index is -0.229. The van der Waals surface area contributed by atoms with E-state index in [2.05, 4.69) is 15.9 Å². The van der Waals surface area contributed by atoms with Crippen LogP contribution in [0, 0.1) is 12.7 Å². The van der Waals surface area contributed by atoms with Crippen molar-refractivity contribution in [2.24, 2.45) is 0 Å². The molecule has 2 aromatic carbocycles. The second-order valence-electron chi connectivity index (χ2n) is 4.41. The van der Waals surface area contributed by atoms with Crippen LogP contribution in [0.4, 0.5) is 4.39 Å². The van der Waals surface area contributed by atoms with Crippen LogP contribution in [0.1, 0.15) is 4.88 Å². The molecule has 0 aliphatic carbocycles. The first-order valence-electron chi connectivity index (χ1n) is 6.13. The van der Waals surface area contributed by atoms with E-state index in [-0.39, 0.29) is 5.82 Å². The van der Waals surface area contributed by atoms with Gasteiger partial charge in [0.15, 0.2) is 0 Å². The maximum Gasteiger partial charge on any atom is 0.125 e. The van der Waals surface area contributed by atoms with Gasteiger partial charge in [-0.15, -0.1) is 11.3 Å². The van der Waals surface area contributed by atoms with E-state index in [1.165, 1.54) is 12.1 Å². The SMILES string of the molecule is Cc1sc(-c2ccccc2Br)nc1-c1ccc(F)cc1. The van der Waals surface area contributed by atoms with Gasteiger partial charge < -0.3 is 0 Å². The predicted molar refractivity (Wildman–Crippen MR) is 85.4 cm³/mol. The van der Waals surface area contributed by atoms with Crippen molar-refractivity contribution in [2.75, 3.05) is 0 Å². The Hall–Kier alpha value is -1.52. The number of hydrogen-bond acceptors (Lipinski definition) is 2. The number of halogens is 2. The molecule has 0 spiro atoms. The van der Waals surface area contributed by atoms with Gasteiger partial charge >= 0.3 is 0 Å². The van der Waals surface area contributed by atoms with Crippen LogP contribution in [0.3, 0.4) is 0 Å². The second kappa shape index (κ2) is 5.46. The molecular formula is C16H11BrFNS. The molecule has 3 aromatic rings. The lowest BCUT2D eigenvalue weighted by atomic mass is 10.1. The van der Waals surface area contributed by atoms with Crippen molar-refractivity contribution in [3.8, 4) is 21.8 Å². The van der Waals surface area contributed by atoms with Gasteiger partial charge in [0.1, 0.15) is 10.8 Å². The third kappa shape index (κ3) is 2.53. The third-order valence-corrected chi connectivity index (χ3v) is 4.71. The van der Waals surface area contributed by atoms with Gasteiger partial charge in [-0.2, -0.15) is 0 Å². The Kier molecular flexibility index (Phi) is 3.68. The van der Waals surface area contributed by atoms with Crippen molar-refractivity contribution < 1.29 is 4.39 Å². The number of rotatable bonds is 2. The monoisotopic (exact) mass is 347 g/mol. The molecular weight excluding hydrogens is 337 g/mol. The fraction of sp³-hybridized carbons (Fsp3) is 0.0625. The molecule has 0 saturated carbocycles. The van der Waals surface area contributed by atoms with E-state index < -0.39 is 0 Å². The van der Waals surface area contributed by atoms with Crippen molar-refractivity contribution in [1.82, 2.24) is 4.98 Å². The van der Waals surface area contributed by atoms with Crippen LogP contribution >= 0.6 is 27.3 Å². The van der Waals surface area contributed by atoms with E-state index in [4.69, 9.17) is 4.98 Å². The lowest BCUT2D eigenvalue weighted by Crippen LogP contribution is -1.83. The van der Waals surface area contributed by atoms with Gasteiger partial charge in [-0.25, -0.2) is 9.37 Å². The number of thiazole rings is 1. The summed E-state index contributed by atoms with van der Waals surface area (Å²) in [5.41, 5.74) is 2.94. The van der Waals surface area contributed by atoms with Crippen molar-refractivity contribution in [3.63, 3.8) is 0 Å². The van der Waals surface area contributed by atoms with Crippen LogP contribution in [0.15, 0.2) is 53.0 Å². The predicted octanol–water partition coefficient (Wildman–Crippen LogP) is 5.69. The largest absolute Gasteiger partial charge is 0.236 e. The molecule has 4 heteroatoms. The number of hydrogen-bond donors (Lipinski definition) is 0. The number of nitrogens with zero attached hydrogens (tertiary/aromatic N) is 1. The van der Waals surface area contributed by atoms with Crippen LogP contribution in [-0.2, 0) is 0 Å². The summed E-state index contributed by atoms with van der Waals surface area (Å²) in [6.45, 7) is 2.04. The van der Waals surface area contributed by atoms with Crippen LogP contribution in [0.2, 0.25) is 0 Å². The normalized spacial score (nSPS) is 10.8. The molecule has 1 nitrogen and oxygen atoms in total. The highest BCUT2D eigenvalue weighted by atomic mass is 79.9. The molecule has 0 aliphatic heterocycles. The smallest absolute Gasteiger partial charge is 0.125 e. The average molecular weight is 348 g/mol. The molecule has 20 heavy (non-hydrogen) atoms. The van der Waals surface area contributed by atoms with Gasteiger partial charge in [0.25, 0.3) is 0 Å². The number of aryl methyl sites for hydroxylation is 1. The molecule has 0 unspecified atom stereocenters. The molecule has 0 saturated heterocycles. The van der Waals surface area contributed by atoms with Crippen LogP contribution in [0.25, 0.3) is 21.8 Å². The van der Waals surface area contributed by atoms with E-state index in [0.717, 1.165) is 31.2 Å². The minimum absolute atomic E-state index is 0.229. The fourth-order valence-corrected chi connectivity index (χ4v) is 3.60. The molecule has 0 amide bonds. The van der Waals surface area contributed by atoms with E-state index in [0.29, 0.717) is 0 Å². The first-order valence-corrected chi connectivity index (χ1v) is 7.74. The third-order valence-electron chi connectivity index (χ3n) is 3.02. The summed E-state index contributed by atoms with van der Waals surface area (Å²) in [4.78, 5) is 5.83. The van der Waals surface area contributed by atoms with E-state index in [9.17, 15) is 4.39 Å². The number of aromatic nitrogens is 1. The standard InChI is InChI=1S/C16H11BrFNS/c1-10-15(11-6-8-12(18)9-7-11)19-16(20-10)13-4-2-3-5-14(13)17/h2-9H,1H3. The van der Waals surface area contributed by atoms with Gasteiger partial charge in [0.2, 0.25) is 0 Å². The summed E-state index contributed by atoms with van der Waals surface area (Å²) >= 11 is 5.20. The Morgan fingerprint density at radius 1 is 1.05 bits per heavy atom. The molecule has 0 fully saturated rings. The molecule has 0 radical (unpaired) electrons. The highest BCUT2D eigenvalue weighted by Crippen LogP contribution is 2.36. The Morgan fingerprint density at radius 3 is 2.45 bits per heavy atom. The quantitative estimate of drug-likeness (QED) is 0.580. The second-order valence-corrected chi connectivity index (χ2v) is 6.47. The van der Waals surface area contributed by atoms with Gasteiger partial charge in [0.05, 0.1) is 5.69 Å². The summed E-state index contributed by atoms with van der Waals surface area (Å²) in [6.07, 6.45) is 0. The van der Waals surface area contributed by atoms with Gasteiger partial charge in [-0.05, 0) is 37.3 Å². The Morgan fingerprint density at radius 2 is 1.75 bits per heavy atom. The van der Waals surface area contributed by atoms with Crippen molar-refractivity contribution in [2.45, 2.75) is 6.92 Å². The van der Waals surface area contributed by atoms with Crippen molar-refractivity contribution in [1.29, 1.82) is 0 Å². The highest BCUT2D eigenvalue weighted by Gasteiger charge is 2.13. The van der Waals surface area contributed by atoms with E-state index in [1.807, 2.05) is 31.2 Å². The fourth-order valence-electron chi connectivity index (χ4n) is 2.02. The van der Waals surface area contributed by atoms with Gasteiger partial charge in [-0.1, -0.05) is 34.1 Å². The highest BCUT2D eigenvalue weighted by molar-refractivity contribution is 9.10. The first-order chi connectivity index (χ1) is 9.65. The Balaban J connectivity index is 2.08. The number of benzene rings is 2. The molecule has 100 valence electrons. The topological polar surface area (TPSA) is 12.9 Å². The lowest BCUT2D eigenvalue weighted by molar-refractivity contribution is 0.628. The van der Waals surface area contributed by atoms with E-state index in [1.54, 1.807) is 23.5 Å². The van der Waals surface area contributed by atoms with Gasteiger partial charge in [-0.3, -0.25) is 0 Å². The molecule has 0 aliphatic rings. The Bertz CT molecular complexity index is 749. The maximum absolute atomic E-state index is 13.0. The Labute approximate surface area is 129 Å². The summed E-state index contributed by atoms with van der Waals surface area (Å²) < 4.78 is 14.0. The molecule has 0 bridgehead atoms. The van der Waals surface area contributed by atoms with Crippen molar-refractivity contribution in [3.05, 3.63) is 63.7 Å². The average Bonchev–Trinajstić information content (AvgIpc) is 2.82. The van der Waals surface area contributed by atoms with Crippen LogP contribution in [0.5, 0.6) is 0 Å². The minimum Gasteiger partial charge on any atom is -0.236 e. The first kappa shape index (κ1) is 13.5. The lowest BCUT2D eigenvalue weighted by Gasteiger charge is -1.99. The van der Waals surface area contributed by atoms with Crippen molar-refractivity contribution >= 4 is 27.3 Å². The van der Waals surface area contributed by atoms with Crippen LogP contribution in [-0.4, -0.2) is 4.98 Å². The zero-order valence-electron chi connectivity index (χ0n) is 10.7. The van der Waals surface area contributed by atoms with Crippen LogP contribution < -0.4 is 0 Å². The summed E-state index contributed by atoms with van der Waals surface area (Å²) in [7, 11) is 0.